The molecule has 0 saturated carbocycles. The van der Waals surface area contributed by atoms with Crippen LogP contribution in [0.4, 0.5) is 0 Å². The van der Waals surface area contributed by atoms with Crippen LogP contribution in [0.15, 0.2) is 6.07 Å². The average Bonchev–Trinajstić information content (AvgIpc) is 2.57. The van der Waals surface area contributed by atoms with Crippen LogP contribution in [0.25, 0.3) is 0 Å². The van der Waals surface area contributed by atoms with Gasteiger partial charge in [-0.25, -0.2) is 0 Å². The Bertz CT molecular complexity index is 370. The van der Waals surface area contributed by atoms with Crippen molar-refractivity contribution in [3.8, 4) is 0 Å². The van der Waals surface area contributed by atoms with E-state index in [-0.39, 0.29) is 6.04 Å². The average molecular weight is 188 g/mol. The molecule has 3 rings (SSSR count). The summed E-state index contributed by atoms with van der Waals surface area (Å²) in [6.45, 7) is 0. The molecule has 2 aliphatic carbocycles. The number of fused-ring (bicyclic) bond motifs is 2. The lowest BCUT2D eigenvalue weighted by molar-refractivity contribution is 0.663. The summed E-state index contributed by atoms with van der Waals surface area (Å²) in [6.07, 6.45) is 7.20. The molecule has 14 heavy (non-hydrogen) atoms. The van der Waals surface area contributed by atoms with Crippen LogP contribution in [0.3, 0.4) is 0 Å². The van der Waals surface area contributed by atoms with Crippen LogP contribution in [0.2, 0.25) is 0 Å². The molecule has 1 atom stereocenters. The SMILES string of the molecule is NC1CCc2nc3c(cc21)CCCC3. The molecule has 0 radical (unpaired) electrons. The zero-order valence-electron chi connectivity index (χ0n) is 8.42. The Morgan fingerprint density at radius 3 is 2.93 bits per heavy atom. The molecule has 1 heterocycles. The number of hydrogen-bond acceptors (Lipinski definition) is 2. The lowest BCUT2D eigenvalue weighted by atomic mass is 9.94. The zero-order chi connectivity index (χ0) is 9.54. The lowest BCUT2D eigenvalue weighted by Crippen LogP contribution is -2.10. The van der Waals surface area contributed by atoms with Crippen molar-refractivity contribution >= 4 is 0 Å². The maximum atomic E-state index is 6.04. The van der Waals surface area contributed by atoms with Gasteiger partial charge in [-0.05, 0) is 49.7 Å². The third-order valence-electron chi connectivity index (χ3n) is 3.50. The largest absolute Gasteiger partial charge is 0.324 e. The number of pyridine rings is 1. The van der Waals surface area contributed by atoms with E-state index in [2.05, 4.69) is 6.07 Å². The Morgan fingerprint density at radius 2 is 2.00 bits per heavy atom. The van der Waals surface area contributed by atoms with Gasteiger partial charge in [-0.3, -0.25) is 4.98 Å². The Kier molecular flexibility index (Phi) is 1.84. The molecule has 0 aliphatic heterocycles. The van der Waals surface area contributed by atoms with Crippen molar-refractivity contribution < 1.29 is 0 Å². The second kappa shape index (κ2) is 3.06. The van der Waals surface area contributed by atoms with E-state index < -0.39 is 0 Å². The van der Waals surface area contributed by atoms with Crippen LogP contribution >= 0.6 is 0 Å². The molecular formula is C12H16N2. The number of aromatic nitrogens is 1. The summed E-state index contributed by atoms with van der Waals surface area (Å²) in [5.41, 5.74) is 11.5. The molecule has 1 aromatic heterocycles. The van der Waals surface area contributed by atoms with E-state index in [9.17, 15) is 0 Å². The van der Waals surface area contributed by atoms with Crippen molar-refractivity contribution in [1.29, 1.82) is 0 Å². The number of nitrogens with two attached hydrogens (primary N) is 1. The summed E-state index contributed by atoms with van der Waals surface area (Å²) in [5.74, 6) is 0. The van der Waals surface area contributed by atoms with E-state index in [0.717, 1.165) is 12.8 Å². The maximum Gasteiger partial charge on any atom is 0.0455 e. The highest BCUT2D eigenvalue weighted by molar-refractivity contribution is 5.36. The molecule has 0 fully saturated rings. The van der Waals surface area contributed by atoms with E-state index in [1.165, 1.54) is 48.2 Å². The first-order chi connectivity index (χ1) is 6.84. The van der Waals surface area contributed by atoms with Gasteiger partial charge in [0.05, 0.1) is 0 Å². The van der Waals surface area contributed by atoms with Crippen molar-refractivity contribution in [2.75, 3.05) is 0 Å². The first kappa shape index (κ1) is 8.42. The van der Waals surface area contributed by atoms with Gasteiger partial charge in [-0.15, -0.1) is 0 Å². The topological polar surface area (TPSA) is 38.9 Å². The molecule has 2 N–H and O–H groups in total. The Morgan fingerprint density at radius 1 is 1.14 bits per heavy atom. The first-order valence-electron chi connectivity index (χ1n) is 5.62. The third kappa shape index (κ3) is 1.17. The normalized spacial score (nSPS) is 24.5. The number of hydrogen-bond donors (Lipinski definition) is 1. The van der Waals surface area contributed by atoms with E-state index in [0.29, 0.717) is 0 Å². The molecule has 2 nitrogen and oxygen atoms in total. The molecule has 2 aliphatic rings. The predicted octanol–water partition coefficient (Wildman–Crippen LogP) is 1.91. The summed E-state index contributed by atoms with van der Waals surface area (Å²) < 4.78 is 0. The Labute approximate surface area is 84.5 Å². The van der Waals surface area contributed by atoms with E-state index in [1.54, 1.807) is 0 Å². The van der Waals surface area contributed by atoms with E-state index in [1.807, 2.05) is 0 Å². The van der Waals surface area contributed by atoms with Crippen LogP contribution in [0.5, 0.6) is 0 Å². The number of nitrogens with zero attached hydrogens (tertiary/aromatic N) is 1. The van der Waals surface area contributed by atoms with E-state index in [4.69, 9.17) is 10.7 Å². The number of rotatable bonds is 0. The van der Waals surface area contributed by atoms with Crippen LogP contribution in [0, 0.1) is 0 Å². The first-order valence-corrected chi connectivity index (χ1v) is 5.62. The molecule has 2 heteroatoms. The minimum absolute atomic E-state index is 0.254. The number of aryl methyl sites for hydroxylation is 3. The summed E-state index contributed by atoms with van der Waals surface area (Å²) in [5, 5.41) is 0. The second-order valence-electron chi connectivity index (χ2n) is 4.48. The molecule has 1 unspecified atom stereocenters. The molecule has 0 spiro atoms. The minimum Gasteiger partial charge on any atom is -0.324 e. The minimum atomic E-state index is 0.254. The summed E-state index contributed by atoms with van der Waals surface area (Å²) in [4.78, 5) is 4.76. The van der Waals surface area contributed by atoms with Gasteiger partial charge >= 0.3 is 0 Å². The van der Waals surface area contributed by atoms with Gasteiger partial charge in [0.15, 0.2) is 0 Å². The highest BCUT2D eigenvalue weighted by Gasteiger charge is 2.23. The highest BCUT2D eigenvalue weighted by atomic mass is 14.8. The molecule has 0 bridgehead atoms. The highest BCUT2D eigenvalue weighted by Crippen LogP contribution is 2.31. The quantitative estimate of drug-likeness (QED) is 0.675. The van der Waals surface area contributed by atoms with Crippen LogP contribution in [0.1, 0.15) is 47.8 Å². The predicted molar refractivity (Wildman–Crippen MR) is 56.1 cm³/mol. The monoisotopic (exact) mass is 188 g/mol. The second-order valence-corrected chi connectivity index (χ2v) is 4.48. The zero-order valence-corrected chi connectivity index (χ0v) is 8.42. The Balaban J connectivity index is 2.11. The van der Waals surface area contributed by atoms with Gasteiger partial charge in [0.1, 0.15) is 0 Å². The van der Waals surface area contributed by atoms with Gasteiger partial charge in [-0.1, -0.05) is 6.07 Å². The van der Waals surface area contributed by atoms with Crippen LogP contribution < -0.4 is 5.73 Å². The molecule has 74 valence electrons. The van der Waals surface area contributed by atoms with Crippen molar-refractivity contribution in [2.24, 2.45) is 5.73 Å². The van der Waals surface area contributed by atoms with Gasteiger partial charge in [0, 0.05) is 17.4 Å². The molecule has 0 amide bonds. The van der Waals surface area contributed by atoms with Crippen molar-refractivity contribution in [1.82, 2.24) is 4.98 Å². The molecular weight excluding hydrogens is 172 g/mol. The van der Waals surface area contributed by atoms with Crippen LogP contribution in [-0.2, 0) is 19.3 Å². The smallest absolute Gasteiger partial charge is 0.0455 e. The van der Waals surface area contributed by atoms with Crippen molar-refractivity contribution in [3.05, 3.63) is 28.6 Å². The lowest BCUT2D eigenvalue weighted by Gasteiger charge is -2.16. The van der Waals surface area contributed by atoms with E-state index >= 15 is 0 Å². The molecule has 0 aromatic carbocycles. The van der Waals surface area contributed by atoms with Gasteiger partial charge in [0.25, 0.3) is 0 Å². The van der Waals surface area contributed by atoms with Crippen molar-refractivity contribution in [3.63, 3.8) is 0 Å². The third-order valence-corrected chi connectivity index (χ3v) is 3.50. The molecule has 0 saturated heterocycles. The maximum absolute atomic E-state index is 6.04. The summed E-state index contributed by atoms with van der Waals surface area (Å²) >= 11 is 0. The fourth-order valence-corrected chi connectivity index (χ4v) is 2.66. The van der Waals surface area contributed by atoms with Crippen LogP contribution in [-0.4, -0.2) is 4.98 Å². The van der Waals surface area contributed by atoms with Gasteiger partial charge in [0.2, 0.25) is 0 Å². The van der Waals surface area contributed by atoms with Gasteiger partial charge < -0.3 is 5.73 Å². The summed E-state index contributed by atoms with van der Waals surface area (Å²) in [6, 6.07) is 2.58. The Hall–Kier alpha value is -0.890. The summed E-state index contributed by atoms with van der Waals surface area (Å²) in [7, 11) is 0. The standard InChI is InChI=1S/C12H16N2/c13-10-5-6-12-9(10)7-8-3-1-2-4-11(8)14-12/h7,10H,1-6,13H2. The van der Waals surface area contributed by atoms with Crippen molar-refractivity contribution in [2.45, 2.75) is 44.6 Å². The van der Waals surface area contributed by atoms with Gasteiger partial charge in [-0.2, -0.15) is 0 Å². The fraction of sp³-hybridized carbons (Fsp3) is 0.583. The fourth-order valence-electron chi connectivity index (χ4n) is 2.66. The molecule has 1 aromatic rings.